The number of aryl methyl sites for hydroxylation is 1. The van der Waals surface area contributed by atoms with Crippen LogP contribution >= 0.6 is 11.3 Å². The molecule has 1 N–H and O–H groups in total. The third-order valence-corrected chi connectivity index (χ3v) is 3.88. The second kappa shape index (κ2) is 4.83. The fourth-order valence-electron chi connectivity index (χ4n) is 1.93. The van der Waals surface area contributed by atoms with Crippen molar-refractivity contribution in [1.82, 2.24) is 15.2 Å². The monoisotopic (exact) mass is 253 g/mol. The molecule has 0 radical (unpaired) electrons. The molecule has 0 saturated carbocycles. The summed E-state index contributed by atoms with van der Waals surface area (Å²) in [6.07, 6.45) is 0.634. The summed E-state index contributed by atoms with van der Waals surface area (Å²) in [4.78, 5) is 30.4. The van der Waals surface area contributed by atoms with E-state index in [1.54, 1.807) is 10.4 Å². The highest BCUT2D eigenvalue weighted by Crippen LogP contribution is 2.19. The summed E-state index contributed by atoms with van der Waals surface area (Å²) in [5.41, 5.74) is 2.70. The van der Waals surface area contributed by atoms with Gasteiger partial charge >= 0.3 is 0 Å². The molecule has 1 aliphatic heterocycles. The largest absolute Gasteiger partial charge is 0.345 e. The first kappa shape index (κ1) is 12.0. The van der Waals surface area contributed by atoms with Crippen molar-refractivity contribution in [1.29, 1.82) is 0 Å². The molecule has 0 aliphatic carbocycles. The predicted molar refractivity (Wildman–Crippen MR) is 64.5 cm³/mol. The molecule has 2 amide bonds. The van der Waals surface area contributed by atoms with Gasteiger partial charge in [0, 0.05) is 4.88 Å². The lowest BCUT2D eigenvalue weighted by Gasteiger charge is -2.34. The molecule has 1 aliphatic rings. The van der Waals surface area contributed by atoms with Gasteiger partial charge in [-0.25, -0.2) is 4.98 Å². The Morgan fingerprint density at radius 2 is 2.35 bits per heavy atom. The lowest BCUT2D eigenvalue weighted by molar-refractivity contribution is -0.146. The lowest BCUT2D eigenvalue weighted by atomic mass is 10.1. The average molecular weight is 253 g/mol. The van der Waals surface area contributed by atoms with Crippen molar-refractivity contribution >= 4 is 23.2 Å². The third-order valence-electron chi connectivity index (χ3n) is 2.96. The maximum atomic E-state index is 11.8. The predicted octanol–water partition coefficient (Wildman–Crippen LogP) is 0.689. The number of thiazole rings is 1. The first-order valence-electron chi connectivity index (χ1n) is 5.59. The highest BCUT2D eigenvalue weighted by atomic mass is 32.1. The number of rotatable bonds is 3. The molecule has 1 atom stereocenters. The summed E-state index contributed by atoms with van der Waals surface area (Å²) >= 11 is 1.52. The van der Waals surface area contributed by atoms with Crippen LogP contribution in [0.25, 0.3) is 0 Å². The molecule has 2 heterocycles. The smallest absolute Gasteiger partial charge is 0.243 e. The summed E-state index contributed by atoms with van der Waals surface area (Å²) in [5, 5.41) is 2.61. The van der Waals surface area contributed by atoms with Gasteiger partial charge in [0.05, 0.1) is 24.3 Å². The molecule has 6 heteroatoms. The van der Waals surface area contributed by atoms with E-state index < -0.39 is 0 Å². The molecule has 0 aromatic carbocycles. The summed E-state index contributed by atoms with van der Waals surface area (Å²) in [6, 6.07) is -0.349. The maximum absolute atomic E-state index is 11.8. The van der Waals surface area contributed by atoms with Crippen LogP contribution in [0.2, 0.25) is 0 Å². The van der Waals surface area contributed by atoms with Crippen molar-refractivity contribution in [3.63, 3.8) is 0 Å². The zero-order chi connectivity index (χ0) is 12.4. The zero-order valence-corrected chi connectivity index (χ0v) is 10.7. The Hall–Kier alpha value is -1.43. The second-order valence-electron chi connectivity index (χ2n) is 4.02. The minimum atomic E-state index is -0.349. The van der Waals surface area contributed by atoms with Gasteiger partial charge in [-0.05, 0) is 13.3 Å². The molecule has 1 aromatic heterocycles. The Balaban J connectivity index is 2.19. The van der Waals surface area contributed by atoms with Gasteiger partial charge in [-0.1, -0.05) is 6.92 Å². The number of aromatic nitrogens is 1. The molecule has 17 heavy (non-hydrogen) atoms. The van der Waals surface area contributed by atoms with Gasteiger partial charge in [-0.2, -0.15) is 0 Å². The second-order valence-corrected chi connectivity index (χ2v) is 4.96. The Labute approximate surface area is 104 Å². The van der Waals surface area contributed by atoms with Gasteiger partial charge in [0.15, 0.2) is 0 Å². The van der Waals surface area contributed by atoms with E-state index in [4.69, 9.17) is 0 Å². The number of carbonyl (C=O) groups excluding carboxylic acids is 2. The molecule has 5 nitrogen and oxygen atoms in total. The van der Waals surface area contributed by atoms with Crippen molar-refractivity contribution in [2.24, 2.45) is 0 Å². The highest BCUT2D eigenvalue weighted by molar-refractivity contribution is 7.09. The fourth-order valence-corrected chi connectivity index (χ4v) is 2.71. The standard InChI is InChI=1S/C11H15N3O2S/c1-3-8-11(16)12-4-10(15)14(8)5-9-7(2)13-6-17-9/h6,8H,3-5H2,1-2H3,(H,12,16). The molecule has 1 aromatic rings. The van der Waals surface area contributed by atoms with Crippen molar-refractivity contribution in [2.75, 3.05) is 6.54 Å². The van der Waals surface area contributed by atoms with E-state index in [0.29, 0.717) is 13.0 Å². The number of hydrogen-bond acceptors (Lipinski definition) is 4. The van der Waals surface area contributed by atoms with Crippen molar-refractivity contribution < 1.29 is 9.59 Å². The van der Waals surface area contributed by atoms with Gasteiger partial charge in [0.1, 0.15) is 6.04 Å². The lowest BCUT2D eigenvalue weighted by Crippen LogP contribution is -2.57. The number of nitrogens with one attached hydrogen (secondary N) is 1. The van der Waals surface area contributed by atoms with Crippen LogP contribution in [0.15, 0.2) is 5.51 Å². The van der Waals surface area contributed by atoms with E-state index in [9.17, 15) is 9.59 Å². The minimum Gasteiger partial charge on any atom is -0.345 e. The van der Waals surface area contributed by atoms with Gasteiger partial charge in [0.2, 0.25) is 11.8 Å². The van der Waals surface area contributed by atoms with Crippen LogP contribution < -0.4 is 5.32 Å². The molecule has 0 spiro atoms. The van der Waals surface area contributed by atoms with Crippen LogP contribution in [0, 0.1) is 6.92 Å². The van der Waals surface area contributed by atoms with Crippen LogP contribution in [0.5, 0.6) is 0 Å². The van der Waals surface area contributed by atoms with E-state index in [-0.39, 0.29) is 24.4 Å². The van der Waals surface area contributed by atoms with E-state index >= 15 is 0 Å². The van der Waals surface area contributed by atoms with Crippen molar-refractivity contribution in [3.05, 3.63) is 16.1 Å². The average Bonchev–Trinajstić information content (AvgIpc) is 2.70. The van der Waals surface area contributed by atoms with E-state index in [2.05, 4.69) is 10.3 Å². The highest BCUT2D eigenvalue weighted by Gasteiger charge is 2.33. The number of piperazine rings is 1. The zero-order valence-electron chi connectivity index (χ0n) is 9.90. The quantitative estimate of drug-likeness (QED) is 0.862. The number of hydrogen-bond donors (Lipinski definition) is 1. The van der Waals surface area contributed by atoms with Crippen LogP contribution in [-0.2, 0) is 16.1 Å². The Bertz CT molecular complexity index is 444. The van der Waals surface area contributed by atoms with Crippen molar-refractivity contribution in [3.8, 4) is 0 Å². The van der Waals surface area contributed by atoms with Gasteiger partial charge < -0.3 is 10.2 Å². The summed E-state index contributed by atoms with van der Waals surface area (Å²) in [6.45, 7) is 4.42. The van der Waals surface area contributed by atoms with Crippen LogP contribution in [0.4, 0.5) is 0 Å². The van der Waals surface area contributed by atoms with Crippen LogP contribution in [0.1, 0.15) is 23.9 Å². The Morgan fingerprint density at radius 1 is 1.59 bits per heavy atom. The molecule has 2 rings (SSSR count). The number of nitrogens with zero attached hydrogens (tertiary/aromatic N) is 2. The SMILES string of the molecule is CCC1C(=O)NCC(=O)N1Cc1scnc1C. The summed E-state index contributed by atoms with van der Waals surface area (Å²) < 4.78 is 0. The maximum Gasteiger partial charge on any atom is 0.243 e. The van der Waals surface area contributed by atoms with E-state index in [1.807, 2.05) is 13.8 Å². The molecular weight excluding hydrogens is 238 g/mol. The fraction of sp³-hybridized carbons (Fsp3) is 0.545. The number of amides is 2. The molecular formula is C11H15N3O2S. The molecule has 1 fully saturated rings. The van der Waals surface area contributed by atoms with E-state index in [1.165, 1.54) is 11.3 Å². The normalized spacial score (nSPS) is 20.6. The number of carbonyl (C=O) groups is 2. The Morgan fingerprint density at radius 3 is 2.94 bits per heavy atom. The Kier molecular flexibility index (Phi) is 3.42. The van der Waals surface area contributed by atoms with Gasteiger partial charge in [0.25, 0.3) is 0 Å². The van der Waals surface area contributed by atoms with Gasteiger partial charge in [-0.3, -0.25) is 9.59 Å². The first-order chi connectivity index (χ1) is 8.13. The van der Waals surface area contributed by atoms with Gasteiger partial charge in [-0.15, -0.1) is 11.3 Å². The summed E-state index contributed by atoms with van der Waals surface area (Å²) in [5.74, 6) is -0.0847. The van der Waals surface area contributed by atoms with E-state index in [0.717, 1.165) is 10.6 Å². The molecule has 0 bridgehead atoms. The van der Waals surface area contributed by atoms with Crippen molar-refractivity contribution in [2.45, 2.75) is 32.9 Å². The molecule has 1 saturated heterocycles. The van der Waals surface area contributed by atoms with Crippen LogP contribution in [0.3, 0.4) is 0 Å². The third kappa shape index (κ3) is 2.31. The molecule has 1 unspecified atom stereocenters. The van der Waals surface area contributed by atoms with Crippen LogP contribution in [-0.4, -0.2) is 34.3 Å². The summed E-state index contributed by atoms with van der Waals surface area (Å²) in [7, 11) is 0. The minimum absolute atomic E-state index is 0.0238. The first-order valence-corrected chi connectivity index (χ1v) is 6.47. The topological polar surface area (TPSA) is 62.3 Å². The molecule has 92 valence electrons.